The van der Waals surface area contributed by atoms with E-state index in [-0.39, 0.29) is 36.8 Å². The molecule has 0 aliphatic carbocycles. The fourth-order valence-corrected chi connectivity index (χ4v) is 7.16. The zero-order valence-corrected chi connectivity index (χ0v) is 28.6. The van der Waals surface area contributed by atoms with Crippen molar-refractivity contribution in [3.05, 3.63) is 58.0 Å². The summed E-state index contributed by atoms with van der Waals surface area (Å²) in [5.41, 5.74) is 2.77. The topological polar surface area (TPSA) is 160 Å². The molecule has 3 aliphatic rings. The number of aryl methyl sites for hydroxylation is 1. The number of sulfone groups is 1. The van der Waals surface area contributed by atoms with Gasteiger partial charge in [0.05, 0.1) is 37.3 Å². The van der Waals surface area contributed by atoms with E-state index < -0.39 is 27.1 Å². The van der Waals surface area contributed by atoms with Crippen LogP contribution in [-0.2, 0) is 51.0 Å². The van der Waals surface area contributed by atoms with Crippen molar-refractivity contribution in [2.24, 2.45) is 0 Å². The fraction of sp³-hybridized carbons (Fsp3) is 0.531. The Morgan fingerprint density at radius 1 is 1.13 bits per heavy atom. The molecule has 47 heavy (non-hydrogen) atoms. The minimum absolute atomic E-state index is 0.0815. The number of aromatic nitrogens is 4. The lowest BCUT2D eigenvalue weighted by atomic mass is 9.80. The summed E-state index contributed by atoms with van der Waals surface area (Å²) < 4.78 is 40.6. The quantitative estimate of drug-likeness (QED) is 0.406. The van der Waals surface area contributed by atoms with Gasteiger partial charge in [0, 0.05) is 56.7 Å². The van der Waals surface area contributed by atoms with E-state index in [2.05, 4.69) is 15.1 Å². The third-order valence-corrected chi connectivity index (χ3v) is 9.77. The number of benzene rings is 1. The molecule has 2 amide bonds. The molecule has 5 heterocycles. The number of carboxylic acid groups (broad SMARTS) is 1. The Bertz CT molecular complexity index is 1870. The van der Waals surface area contributed by atoms with Crippen LogP contribution in [0.1, 0.15) is 78.8 Å². The number of rotatable bonds is 4. The van der Waals surface area contributed by atoms with Crippen molar-refractivity contribution < 1.29 is 32.6 Å². The molecule has 0 saturated carbocycles. The van der Waals surface area contributed by atoms with Gasteiger partial charge in [0.1, 0.15) is 11.4 Å². The Morgan fingerprint density at radius 2 is 1.87 bits per heavy atom. The summed E-state index contributed by atoms with van der Waals surface area (Å²) in [5.74, 6) is 0.264. The fourth-order valence-electron chi connectivity index (χ4n) is 6.63. The lowest BCUT2D eigenvalue weighted by Gasteiger charge is -2.44. The highest BCUT2D eigenvalue weighted by atomic mass is 32.2. The maximum absolute atomic E-state index is 12.9. The van der Waals surface area contributed by atoms with Gasteiger partial charge in [-0.25, -0.2) is 23.2 Å². The van der Waals surface area contributed by atoms with E-state index in [0.717, 1.165) is 23.1 Å². The molecule has 3 aromatic rings. The van der Waals surface area contributed by atoms with Gasteiger partial charge in [-0.15, -0.1) is 0 Å². The van der Waals surface area contributed by atoms with Crippen molar-refractivity contribution in [3.63, 3.8) is 0 Å². The number of carbonyl (C=O) groups is 2. The number of hydrogen-bond donors (Lipinski definition) is 1. The Hall–Kier alpha value is -4.08. The number of amides is 2. The van der Waals surface area contributed by atoms with E-state index in [1.165, 1.54) is 9.80 Å². The van der Waals surface area contributed by atoms with Crippen molar-refractivity contribution in [1.29, 1.82) is 0 Å². The van der Waals surface area contributed by atoms with Crippen LogP contribution in [0.4, 0.5) is 16.3 Å². The van der Waals surface area contributed by atoms with Crippen LogP contribution in [0.5, 0.6) is 0 Å². The monoisotopic (exact) mass is 667 g/mol. The van der Waals surface area contributed by atoms with Gasteiger partial charge in [-0.2, -0.15) is 5.10 Å². The first-order chi connectivity index (χ1) is 22.0. The number of fused-ring (bicyclic) bond motifs is 4. The minimum atomic E-state index is -3.80. The molecule has 6 rings (SSSR count). The van der Waals surface area contributed by atoms with Gasteiger partial charge in [0.15, 0.2) is 5.69 Å². The Labute approximate surface area is 274 Å². The SMILES string of the molecule is C[C@@H]1OC[C@@]2(Cc3nc(S(C)(=O)=O)nc(N4CCCn5nc(C(=O)N(C)C)cc5C4)c3CO2)c2cc(N(C(=O)O)C(C)(C)C)ccc21. The molecular formula is C32H41N7O7S. The molecule has 1 N–H and O–H groups in total. The van der Waals surface area contributed by atoms with Crippen molar-refractivity contribution in [2.75, 3.05) is 43.3 Å². The van der Waals surface area contributed by atoms with E-state index in [1.54, 1.807) is 26.2 Å². The Morgan fingerprint density at radius 3 is 2.53 bits per heavy atom. The van der Waals surface area contributed by atoms with Gasteiger partial charge in [-0.3, -0.25) is 14.4 Å². The summed E-state index contributed by atoms with van der Waals surface area (Å²) in [6, 6.07) is 7.27. The van der Waals surface area contributed by atoms with Crippen LogP contribution < -0.4 is 9.80 Å². The van der Waals surface area contributed by atoms with E-state index in [9.17, 15) is 23.1 Å². The highest BCUT2D eigenvalue weighted by Crippen LogP contribution is 2.47. The number of nitrogens with zero attached hydrogens (tertiary/aromatic N) is 7. The number of carbonyl (C=O) groups excluding carboxylic acids is 1. The first-order valence-corrected chi connectivity index (χ1v) is 17.4. The highest BCUT2D eigenvalue weighted by molar-refractivity contribution is 7.90. The number of hydrogen-bond acceptors (Lipinski definition) is 10. The number of anilines is 2. The molecule has 0 fully saturated rings. The zero-order valence-electron chi connectivity index (χ0n) is 27.8. The first-order valence-electron chi connectivity index (χ1n) is 15.5. The maximum Gasteiger partial charge on any atom is 0.412 e. The minimum Gasteiger partial charge on any atom is -0.465 e. The molecule has 0 bridgehead atoms. The van der Waals surface area contributed by atoms with Gasteiger partial charge < -0.3 is 24.4 Å². The number of ether oxygens (including phenoxy) is 2. The summed E-state index contributed by atoms with van der Waals surface area (Å²) >= 11 is 0. The predicted octanol–water partition coefficient (Wildman–Crippen LogP) is 3.53. The molecule has 2 atom stereocenters. The molecule has 15 heteroatoms. The second-order valence-electron chi connectivity index (χ2n) is 13.7. The van der Waals surface area contributed by atoms with Crippen molar-refractivity contribution >= 4 is 33.3 Å². The smallest absolute Gasteiger partial charge is 0.412 e. The lowest BCUT2D eigenvalue weighted by molar-refractivity contribution is -0.148. The van der Waals surface area contributed by atoms with Crippen LogP contribution in [0.2, 0.25) is 0 Å². The molecule has 1 spiro atoms. The standard InChI is InChI=1S/C32H41N7O7S/c1-19-22-10-9-20(39(30(41)42)31(2,3)4)13-24(22)32(18-45-19)15-26-23(17-46-32)27(34-29(33-26)47(7,43)44)37-11-8-12-38-21(16-37)14-25(35-38)28(40)36(5)6/h9-10,13-14,19H,8,11-12,15-18H2,1-7H3,(H,41,42)/t19-,32-/m0/s1. The van der Waals surface area contributed by atoms with E-state index >= 15 is 0 Å². The van der Waals surface area contributed by atoms with Crippen LogP contribution in [0.3, 0.4) is 0 Å². The summed E-state index contributed by atoms with van der Waals surface area (Å²) in [6.07, 6.45) is 0.636. The average molecular weight is 668 g/mol. The van der Waals surface area contributed by atoms with E-state index in [4.69, 9.17) is 9.47 Å². The van der Waals surface area contributed by atoms with Gasteiger partial charge >= 0.3 is 6.09 Å². The molecule has 0 unspecified atom stereocenters. The normalized spacial score (nSPS) is 21.0. The van der Waals surface area contributed by atoms with Crippen molar-refractivity contribution in [1.82, 2.24) is 24.6 Å². The van der Waals surface area contributed by atoms with Gasteiger partial charge in [0.2, 0.25) is 15.0 Å². The molecule has 14 nitrogen and oxygen atoms in total. The van der Waals surface area contributed by atoms with Crippen LogP contribution >= 0.6 is 0 Å². The summed E-state index contributed by atoms with van der Waals surface area (Å²) in [4.78, 5) is 39.0. The molecule has 3 aliphatic heterocycles. The largest absolute Gasteiger partial charge is 0.465 e. The van der Waals surface area contributed by atoms with Crippen LogP contribution in [0.15, 0.2) is 29.4 Å². The zero-order chi connectivity index (χ0) is 34.1. The highest BCUT2D eigenvalue weighted by Gasteiger charge is 2.46. The third-order valence-electron chi connectivity index (χ3n) is 8.92. The molecular weight excluding hydrogens is 626 g/mol. The molecule has 252 valence electrons. The van der Waals surface area contributed by atoms with Crippen molar-refractivity contribution in [3.8, 4) is 0 Å². The Balaban J connectivity index is 1.43. The maximum atomic E-state index is 12.9. The van der Waals surface area contributed by atoms with Crippen LogP contribution in [0.25, 0.3) is 0 Å². The van der Waals surface area contributed by atoms with Gasteiger partial charge in [-0.05, 0) is 63.4 Å². The second-order valence-corrected chi connectivity index (χ2v) is 15.6. The van der Waals surface area contributed by atoms with Crippen molar-refractivity contribution in [2.45, 2.75) is 82.6 Å². The molecule has 0 saturated heterocycles. The Kier molecular flexibility index (Phi) is 8.08. The second kappa shape index (κ2) is 11.6. The molecule has 1 aromatic carbocycles. The van der Waals surface area contributed by atoms with Gasteiger partial charge in [-0.1, -0.05) is 6.07 Å². The van der Waals surface area contributed by atoms with Crippen LogP contribution in [0, 0.1) is 0 Å². The average Bonchev–Trinajstić information content (AvgIpc) is 3.27. The lowest BCUT2D eigenvalue weighted by Crippen LogP contribution is -2.47. The molecule has 0 radical (unpaired) electrons. The summed E-state index contributed by atoms with van der Waals surface area (Å²) in [7, 11) is -0.447. The first kappa shape index (κ1) is 32.8. The van der Waals surface area contributed by atoms with Gasteiger partial charge in [0.25, 0.3) is 5.91 Å². The predicted molar refractivity (Wildman–Crippen MR) is 172 cm³/mol. The third kappa shape index (κ3) is 5.95. The summed E-state index contributed by atoms with van der Waals surface area (Å²) in [6.45, 7) is 9.20. The summed E-state index contributed by atoms with van der Waals surface area (Å²) in [5, 5.41) is 14.4. The van der Waals surface area contributed by atoms with E-state index in [1.807, 2.05) is 49.4 Å². The molecule has 2 aromatic heterocycles. The van der Waals surface area contributed by atoms with Crippen LogP contribution in [-0.4, -0.2) is 89.2 Å². The van der Waals surface area contributed by atoms with E-state index in [0.29, 0.717) is 54.5 Å².